The molecule has 0 bridgehead atoms. The third kappa shape index (κ3) is 3.68. The first-order valence-corrected chi connectivity index (χ1v) is 5.74. The molecule has 1 aromatic carbocycles. The molecule has 0 spiro atoms. The van der Waals surface area contributed by atoms with Crippen molar-refractivity contribution >= 4 is 10.8 Å². The Morgan fingerprint density at radius 3 is 2.33 bits per heavy atom. The van der Waals surface area contributed by atoms with E-state index in [0.717, 1.165) is 5.56 Å². The Bertz CT molecular complexity index is 338. The largest absolute Gasteiger partial charge is 0.386 e. The van der Waals surface area contributed by atoms with E-state index in [1.807, 2.05) is 6.92 Å². The monoisotopic (exact) mass is 234 g/mol. The number of aryl methyl sites for hydroxylation is 1. The molecule has 0 aliphatic rings. The Morgan fingerprint density at radius 2 is 1.87 bits per heavy atom. The first-order chi connectivity index (χ1) is 7.00. The molecule has 0 saturated heterocycles. The fourth-order valence-corrected chi connectivity index (χ4v) is 2.10. The van der Waals surface area contributed by atoms with Gasteiger partial charge in [-0.3, -0.25) is 4.21 Å². The summed E-state index contributed by atoms with van der Waals surface area (Å²) in [6, 6.07) is 6.73. The molecule has 5 heteroatoms. The third-order valence-corrected chi connectivity index (χ3v) is 3.34. The van der Waals surface area contributed by atoms with E-state index in [0.29, 0.717) is 4.90 Å². The zero-order valence-electron chi connectivity index (χ0n) is 8.19. The van der Waals surface area contributed by atoms with Crippen LogP contribution in [0.3, 0.4) is 0 Å². The molecule has 2 atom stereocenters. The van der Waals surface area contributed by atoms with Crippen LogP contribution in [0.2, 0.25) is 0 Å². The topological polar surface area (TPSA) is 37.3 Å². The highest BCUT2D eigenvalue weighted by Gasteiger charge is 2.20. The molecule has 0 unspecified atom stereocenters. The van der Waals surface area contributed by atoms with Crippen molar-refractivity contribution < 1.29 is 18.1 Å². The summed E-state index contributed by atoms with van der Waals surface area (Å²) in [6.45, 7) is 1.88. The van der Waals surface area contributed by atoms with Gasteiger partial charge >= 0.3 is 0 Å². The van der Waals surface area contributed by atoms with Gasteiger partial charge in [0.2, 0.25) is 0 Å². The Balaban J connectivity index is 2.65. The Hall–Kier alpha value is -0.810. The maximum absolute atomic E-state index is 12.0. The van der Waals surface area contributed by atoms with Gasteiger partial charge in [0.05, 0.1) is 16.6 Å². The molecule has 1 aromatic rings. The van der Waals surface area contributed by atoms with Gasteiger partial charge in [0.15, 0.2) is 0 Å². The van der Waals surface area contributed by atoms with Crippen LogP contribution in [0, 0.1) is 6.92 Å². The number of rotatable bonds is 4. The second-order valence-corrected chi connectivity index (χ2v) is 4.72. The summed E-state index contributed by atoms with van der Waals surface area (Å²) in [4.78, 5) is 0.459. The molecule has 15 heavy (non-hydrogen) atoms. The normalized spacial score (nSPS) is 15.3. The highest BCUT2D eigenvalue weighted by molar-refractivity contribution is 7.85. The fraction of sp³-hybridized carbons (Fsp3) is 0.400. The van der Waals surface area contributed by atoms with Crippen molar-refractivity contribution in [3.05, 3.63) is 29.8 Å². The molecular formula is C10H12F2O2S. The molecule has 0 fully saturated rings. The lowest BCUT2D eigenvalue weighted by Crippen LogP contribution is -2.24. The van der Waals surface area contributed by atoms with Crippen LogP contribution in [0.1, 0.15) is 5.56 Å². The van der Waals surface area contributed by atoms with Gasteiger partial charge in [-0.2, -0.15) is 0 Å². The van der Waals surface area contributed by atoms with Crippen molar-refractivity contribution in [3.8, 4) is 0 Å². The average molecular weight is 234 g/mol. The maximum Gasteiger partial charge on any atom is 0.264 e. The molecule has 84 valence electrons. The van der Waals surface area contributed by atoms with Crippen molar-refractivity contribution in [2.45, 2.75) is 24.3 Å². The highest BCUT2D eigenvalue weighted by atomic mass is 32.2. The van der Waals surface area contributed by atoms with Crippen LogP contribution in [-0.2, 0) is 10.8 Å². The lowest BCUT2D eigenvalue weighted by Gasteiger charge is -2.08. The van der Waals surface area contributed by atoms with Crippen LogP contribution in [0.4, 0.5) is 8.78 Å². The minimum Gasteiger partial charge on any atom is -0.386 e. The molecule has 0 aliphatic carbocycles. The summed E-state index contributed by atoms with van der Waals surface area (Å²) in [6.07, 6.45) is -4.67. The van der Waals surface area contributed by atoms with Crippen molar-refractivity contribution in [3.63, 3.8) is 0 Å². The molecular weight excluding hydrogens is 222 g/mol. The SMILES string of the molecule is Cc1ccc([S@](=O)C[C@@H](O)C(F)F)cc1. The van der Waals surface area contributed by atoms with Gasteiger partial charge in [-0.05, 0) is 19.1 Å². The summed E-state index contributed by atoms with van der Waals surface area (Å²) in [5, 5.41) is 8.87. The summed E-state index contributed by atoms with van der Waals surface area (Å²) in [7, 11) is -1.57. The van der Waals surface area contributed by atoms with Gasteiger partial charge in [0, 0.05) is 4.90 Å². The zero-order chi connectivity index (χ0) is 11.4. The lowest BCUT2D eigenvalue weighted by molar-refractivity contribution is 0.00958. The van der Waals surface area contributed by atoms with Crippen molar-refractivity contribution in [2.24, 2.45) is 0 Å². The first kappa shape index (κ1) is 12.3. The smallest absolute Gasteiger partial charge is 0.264 e. The predicted octanol–water partition coefficient (Wildman–Crippen LogP) is 1.73. The maximum atomic E-state index is 12.0. The van der Waals surface area contributed by atoms with E-state index >= 15 is 0 Å². The Kier molecular flexibility index (Phi) is 4.35. The van der Waals surface area contributed by atoms with Crippen LogP contribution in [0.5, 0.6) is 0 Å². The van der Waals surface area contributed by atoms with E-state index in [-0.39, 0.29) is 0 Å². The fourth-order valence-electron chi connectivity index (χ4n) is 1.01. The molecule has 0 aromatic heterocycles. The van der Waals surface area contributed by atoms with E-state index in [9.17, 15) is 13.0 Å². The summed E-state index contributed by atoms with van der Waals surface area (Å²) in [5.74, 6) is -0.430. The van der Waals surface area contributed by atoms with Crippen LogP contribution >= 0.6 is 0 Å². The Labute approximate surface area is 89.4 Å². The number of aliphatic hydroxyl groups is 1. The Morgan fingerprint density at radius 1 is 1.33 bits per heavy atom. The number of aliphatic hydroxyl groups excluding tert-OH is 1. The van der Waals surface area contributed by atoms with Crippen molar-refractivity contribution in [1.82, 2.24) is 0 Å². The average Bonchev–Trinajstić information content (AvgIpc) is 2.18. The quantitative estimate of drug-likeness (QED) is 0.861. The summed E-state index contributed by atoms with van der Waals surface area (Å²) >= 11 is 0. The molecule has 2 nitrogen and oxygen atoms in total. The van der Waals surface area contributed by atoms with Crippen molar-refractivity contribution in [2.75, 3.05) is 5.75 Å². The molecule has 1 rings (SSSR count). The zero-order valence-corrected chi connectivity index (χ0v) is 9.01. The van der Waals surface area contributed by atoms with Crippen LogP contribution in [0.25, 0.3) is 0 Å². The number of hydrogen-bond donors (Lipinski definition) is 1. The minimum absolute atomic E-state index is 0.430. The summed E-state index contributed by atoms with van der Waals surface area (Å²) in [5.41, 5.74) is 1.00. The standard InChI is InChI=1S/C10H12F2O2S/c1-7-2-4-8(5-3-7)15(14)6-9(13)10(11)12/h2-5,9-10,13H,6H2,1H3/t9-,15-/m1/s1. The van der Waals surface area contributed by atoms with Gasteiger partial charge < -0.3 is 5.11 Å². The minimum atomic E-state index is -2.85. The van der Waals surface area contributed by atoms with Crippen LogP contribution < -0.4 is 0 Å². The molecule has 1 N–H and O–H groups in total. The molecule has 0 heterocycles. The van der Waals surface area contributed by atoms with Gasteiger partial charge in [-0.25, -0.2) is 8.78 Å². The van der Waals surface area contributed by atoms with E-state index in [1.54, 1.807) is 24.3 Å². The van der Waals surface area contributed by atoms with E-state index < -0.39 is 29.1 Å². The third-order valence-electron chi connectivity index (χ3n) is 1.90. The van der Waals surface area contributed by atoms with Crippen LogP contribution in [-0.4, -0.2) is 27.6 Å². The van der Waals surface area contributed by atoms with E-state index in [2.05, 4.69) is 0 Å². The van der Waals surface area contributed by atoms with Crippen LogP contribution in [0.15, 0.2) is 29.2 Å². The highest BCUT2D eigenvalue weighted by Crippen LogP contribution is 2.11. The number of benzene rings is 1. The number of halogens is 2. The second-order valence-electron chi connectivity index (χ2n) is 3.23. The van der Waals surface area contributed by atoms with E-state index in [1.165, 1.54) is 0 Å². The first-order valence-electron chi connectivity index (χ1n) is 4.42. The lowest BCUT2D eigenvalue weighted by atomic mass is 10.2. The molecule has 0 saturated carbocycles. The van der Waals surface area contributed by atoms with E-state index in [4.69, 9.17) is 5.11 Å². The van der Waals surface area contributed by atoms with Gasteiger partial charge in [-0.1, -0.05) is 17.7 Å². The molecule has 0 amide bonds. The van der Waals surface area contributed by atoms with Crippen molar-refractivity contribution in [1.29, 1.82) is 0 Å². The molecule has 0 radical (unpaired) electrons. The van der Waals surface area contributed by atoms with Gasteiger partial charge in [0.1, 0.15) is 6.10 Å². The molecule has 0 aliphatic heterocycles. The van der Waals surface area contributed by atoms with Gasteiger partial charge in [-0.15, -0.1) is 0 Å². The number of hydrogen-bond acceptors (Lipinski definition) is 2. The number of alkyl halides is 2. The van der Waals surface area contributed by atoms with Gasteiger partial charge in [0.25, 0.3) is 6.43 Å². The summed E-state index contributed by atoms with van der Waals surface area (Å²) < 4.78 is 35.5. The predicted molar refractivity (Wildman–Crippen MR) is 54.5 cm³/mol. The second kappa shape index (κ2) is 5.32.